The molecule has 3 aliphatic rings. The van der Waals surface area contributed by atoms with Gasteiger partial charge in [0.25, 0.3) is 11.8 Å². The second kappa shape index (κ2) is 11.1. The van der Waals surface area contributed by atoms with Gasteiger partial charge in [-0.25, -0.2) is 21.6 Å². The van der Waals surface area contributed by atoms with E-state index in [0.717, 1.165) is 12.8 Å². The van der Waals surface area contributed by atoms with Gasteiger partial charge in [-0.3, -0.25) is 9.52 Å². The van der Waals surface area contributed by atoms with Crippen LogP contribution in [0.2, 0.25) is 0 Å². The second-order valence-electron chi connectivity index (χ2n) is 11.1. The zero-order valence-electron chi connectivity index (χ0n) is 22.4. The summed E-state index contributed by atoms with van der Waals surface area (Å²) in [5.41, 5.74) is 0.993. The van der Waals surface area contributed by atoms with Crippen LogP contribution in [-0.2, 0) is 10.0 Å². The Labute approximate surface area is 237 Å². The molecule has 2 saturated heterocycles. The van der Waals surface area contributed by atoms with Crippen molar-refractivity contribution < 1.29 is 31.5 Å². The zero-order valence-corrected chi connectivity index (χ0v) is 23.2. The van der Waals surface area contributed by atoms with Gasteiger partial charge in [0.15, 0.2) is 5.82 Å². The molecule has 2 aromatic rings. The number of hydrogen-bond acceptors (Lipinski definition) is 7. The molecule has 3 N–H and O–H groups in total. The van der Waals surface area contributed by atoms with Crippen molar-refractivity contribution in [1.29, 1.82) is 5.26 Å². The van der Waals surface area contributed by atoms with Gasteiger partial charge < -0.3 is 20.2 Å². The number of aliphatic hydroxyl groups is 1. The van der Waals surface area contributed by atoms with Crippen LogP contribution in [0, 0.1) is 22.6 Å². The Kier molecular flexibility index (Phi) is 7.82. The van der Waals surface area contributed by atoms with Gasteiger partial charge in [0.2, 0.25) is 10.0 Å². The predicted octanol–water partition coefficient (Wildman–Crippen LogP) is 4.30. The highest BCUT2D eigenvalue weighted by Crippen LogP contribution is 2.54. The molecule has 1 saturated carbocycles. The molecule has 0 unspecified atom stereocenters. The normalized spacial score (nSPS) is 19.5. The van der Waals surface area contributed by atoms with Crippen LogP contribution < -0.4 is 19.8 Å². The maximum Gasteiger partial charge on any atom is 0.257 e. The lowest BCUT2D eigenvalue weighted by molar-refractivity contribution is -0.0221. The van der Waals surface area contributed by atoms with Crippen molar-refractivity contribution in [3.8, 4) is 6.07 Å². The number of anilines is 4. The SMILES string of the molecule is N#Cc1cc(NC(=O)c2ccc(NS(=O)(=O)CCO)cc2N2CCC3(CC2)CC3)c(F)c(N2CCC(F)(F)CC2)c1. The molecule has 13 heteroatoms. The Balaban J connectivity index is 1.44. The molecule has 0 bridgehead atoms. The number of halogens is 3. The minimum absolute atomic E-state index is 0.0329. The van der Waals surface area contributed by atoms with Crippen LogP contribution in [0.1, 0.15) is 54.4 Å². The average Bonchev–Trinajstić information content (AvgIpc) is 3.68. The third kappa shape index (κ3) is 6.54. The molecule has 1 aliphatic carbocycles. The van der Waals surface area contributed by atoms with E-state index in [4.69, 9.17) is 5.11 Å². The summed E-state index contributed by atoms with van der Waals surface area (Å²) in [7, 11) is -3.81. The summed E-state index contributed by atoms with van der Waals surface area (Å²) in [4.78, 5) is 17.0. The van der Waals surface area contributed by atoms with Gasteiger partial charge in [0.05, 0.1) is 52.3 Å². The molecule has 0 atom stereocenters. The maximum absolute atomic E-state index is 15.7. The summed E-state index contributed by atoms with van der Waals surface area (Å²) < 4.78 is 70.0. The quantitative estimate of drug-likeness (QED) is 0.418. The van der Waals surface area contributed by atoms with Crippen LogP contribution in [-0.4, -0.2) is 63.9 Å². The van der Waals surface area contributed by atoms with E-state index >= 15 is 4.39 Å². The standard InChI is InChI=1S/C28H32F3N5O4S/c29-25-22(15-19(18-32)16-24(25)36-11-7-28(30,31)8-12-36)33-26(38)21-2-1-20(34-41(39,40)14-13-37)17-23(21)35-9-5-27(3-4-27)6-10-35/h1-2,15-17,34,37H,3-14H2,(H,33,38). The van der Waals surface area contributed by atoms with Crippen molar-refractivity contribution in [1.82, 2.24) is 0 Å². The molecule has 0 radical (unpaired) electrons. The summed E-state index contributed by atoms with van der Waals surface area (Å²) in [5, 5.41) is 21.2. The van der Waals surface area contributed by atoms with Gasteiger partial charge >= 0.3 is 0 Å². The second-order valence-corrected chi connectivity index (χ2v) is 13.0. The molecule has 2 heterocycles. The fourth-order valence-electron chi connectivity index (χ4n) is 5.56. The van der Waals surface area contributed by atoms with E-state index in [1.54, 1.807) is 6.07 Å². The number of benzene rings is 2. The minimum Gasteiger partial charge on any atom is -0.395 e. The van der Waals surface area contributed by atoms with E-state index in [2.05, 4.69) is 10.0 Å². The number of nitrogens with zero attached hydrogens (tertiary/aromatic N) is 3. The van der Waals surface area contributed by atoms with Gasteiger partial charge in [0.1, 0.15) is 0 Å². The molecular formula is C28H32F3N5O4S. The van der Waals surface area contributed by atoms with Crippen molar-refractivity contribution >= 4 is 38.7 Å². The van der Waals surface area contributed by atoms with Gasteiger partial charge in [-0.2, -0.15) is 5.26 Å². The van der Waals surface area contributed by atoms with Crippen LogP contribution in [0.15, 0.2) is 30.3 Å². The van der Waals surface area contributed by atoms with Gasteiger partial charge in [-0.05, 0) is 61.4 Å². The van der Waals surface area contributed by atoms with Crippen molar-refractivity contribution in [2.45, 2.75) is 44.4 Å². The molecule has 220 valence electrons. The van der Waals surface area contributed by atoms with E-state index < -0.39 is 52.9 Å². The maximum atomic E-state index is 15.7. The number of piperidine rings is 2. The topological polar surface area (TPSA) is 126 Å². The molecule has 3 fully saturated rings. The number of carbonyl (C=O) groups excluding carboxylic acids is 1. The molecule has 2 aliphatic heterocycles. The zero-order chi connectivity index (χ0) is 29.4. The lowest BCUT2D eigenvalue weighted by atomic mass is 9.93. The molecule has 2 aromatic carbocycles. The lowest BCUT2D eigenvalue weighted by Crippen LogP contribution is -2.39. The summed E-state index contributed by atoms with van der Waals surface area (Å²) >= 11 is 0. The predicted molar refractivity (Wildman–Crippen MR) is 150 cm³/mol. The van der Waals surface area contributed by atoms with Gasteiger partial charge in [0, 0.05) is 39.0 Å². The third-order valence-corrected chi connectivity index (χ3v) is 9.53. The summed E-state index contributed by atoms with van der Waals surface area (Å²) in [6.45, 7) is 0.581. The largest absolute Gasteiger partial charge is 0.395 e. The Hall–Kier alpha value is -3.50. The van der Waals surface area contributed by atoms with Gasteiger partial charge in [-0.1, -0.05) is 0 Å². The van der Waals surface area contributed by atoms with Gasteiger partial charge in [-0.15, -0.1) is 0 Å². The number of nitriles is 1. The number of nitrogens with one attached hydrogen (secondary N) is 2. The van der Waals surface area contributed by atoms with Crippen molar-refractivity contribution in [3.63, 3.8) is 0 Å². The Morgan fingerprint density at radius 3 is 2.22 bits per heavy atom. The first-order valence-electron chi connectivity index (χ1n) is 13.6. The number of carbonyl (C=O) groups is 1. The first-order chi connectivity index (χ1) is 19.4. The average molecular weight is 592 g/mol. The van der Waals surface area contributed by atoms with Crippen molar-refractivity contribution in [2.24, 2.45) is 5.41 Å². The van der Waals surface area contributed by atoms with E-state index in [9.17, 15) is 27.3 Å². The highest BCUT2D eigenvalue weighted by Gasteiger charge is 2.44. The molecular weight excluding hydrogens is 559 g/mol. The fourth-order valence-corrected chi connectivity index (χ4v) is 6.39. The number of aliphatic hydroxyl groups excluding tert-OH is 1. The number of amides is 1. The lowest BCUT2D eigenvalue weighted by Gasteiger charge is -2.35. The van der Waals surface area contributed by atoms with Crippen LogP contribution in [0.5, 0.6) is 0 Å². The number of sulfonamides is 1. The summed E-state index contributed by atoms with van der Waals surface area (Å²) in [6.07, 6.45) is 3.32. The first-order valence-corrected chi connectivity index (χ1v) is 15.3. The Morgan fingerprint density at radius 1 is 0.976 bits per heavy atom. The number of rotatable bonds is 8. The molecule has 5 rings (SSSR count). The Bertz CT molecular complexity index is 1470. The minimum atomic E-state index is -3.81. The monoisotopic (exact) mass is 591 g/mol. The molecule has 9 nitrogen and oxygen atoms in total. The van der Waals surface area contributed by atoms with E-state index in [1.807, 2.05) is 11.0 Å². The van der Waals surface area contributed by atoms with E-state index in [1.165, 1.54) is 42.0 Å². The highest BCUT2D eigenvalue weighted by atomic mass is 32.2. The van der Waals surface area contributed by atoms with Crippen LogP contribution in [0.4, 0.5) is 35.9 Å². The highest BCUT2D eigenvalue weighted by molar-refractivity contribution is 7.92. The summed E-state index contributed by atoms with van der Waals surface area (Å²) in [6, 6.07) is 8.84. The first kappa shape index (κ1) is 29.0. The molecule has 1 spiro atoms. The summed E-state index contributed by atoms with van der Waals surface area (Å²) in [5.74, 6) is -4.81. The van der Waals surface area contributed by atoms with Crippen LogP contribution >= 0.6 is 0 Å². The van der Waals surface area contributed by atoms with E-state index in [-0.39, 0.29) is 41.3 Å². The number of alkyl halides is 2. The smallest absolute Gasteiger partial charge is 0.257 e. The van der Waals surface area contributed by atoms with Crippen molar-refractivity contribution in [3.05, 3.63) is 47.3 Å². The van der Waals surface area contributed by atoms with Crippen LogP contribution in [0.3, 0.4) is 0 Å². The van der Waals surface area contributed by atoms with Crippen molar-refractivity contribution in [2.75, 3.05) is 58.4 Å². The third-order valence-electron chi connectivity index (χ3n) is 8.26. The molecule has 41 heavy (non-hydrogen) atoms. The Morgan fingerprint density at radius 2 is 1.61 bits per heavy atom. The van der Waals surface area contributed by atoms with E-state index in [0.29, 0.717) is 24.2 Å². The molecule has 0 aromatic heterocycles. The molecule has 1 amide bonds. The van der Waals surface area contributed by atoms with Crippen LogP contribution in [0.25, 0.3) is 0 Å². The fraction of sp³-hybridized carbons (Fsp3) is 0.500. The number of hydrogen-bond donors (Lipinski definition) is 3.